The number of hydrogen-bond donors (Lipinski definition) is 1. The molecule has 0 aliphatic heterocycles. The number of benzene rings is 1. The van der Waals surface area contributed by atoms with Crippen molar-refractivity contribution in [1.82, 2.24) is 6.15 Å². The van der Waals surface area contributed by atoms with Crippen molar-refractivity contribution in [1.29, 1.82) is 0 Å². The van der Waals surface area contributed by atoms with Crippen LogP contribution in [-0.2, 0) is 6.42 Å². The molecular weight excluding hydrogens is 346 g/mol. The third-order valence-corrected chi connectivity index (χ3v) is 18.5. The molecule has 0 saturated carbocycles. The van der Waals surface area contributed by atoms with E-state index >= 15 is 0 Å². The molecule has 0 atom stereocenters. The predicted octanol–water partition coefficient (Wildman–Crippen LogP) is 6.88. The highest BCUT2D eigenvalue weighted by Gasteiger charge is 2.45. The van der Waals surface area contributed by atoms with E-state index in [0.29, 0.717) is 10.1 Å². The molecule has 150 valence electrons. The summed E-state index contributed by atoms with van der Waals surface area (Å²) >= 11 is 0. The van der Waals surface area contributed by atoms with Crippen LogP contribution in [0.4, 0.5) is 0 Å². The molecule has 3 N–H and O–H groups in total. The minimum absolute atomic E-state index is 0. The van der Waals surface area contributed by atoms with Gasteiger partial charge in [-0.2, -0.15) is 0 Å². The zero-order valence-corrected chi connectivity index (χ0v) is 21.8. The van der Waals surface area contributed by atoms with Crippen LogP contribution in [0, 0.1) is 0 Å². The quantitative estimate of drug-likeness (QED) is 0.558. The molecule has 0 fully saturated rings. The predicted molar refractivity (Wildman–Crippen MR) is 129 cm³/mol. The van der Waals surface area contributed by atoms with Gasteiger partial charge in [0.05, 0.1) is 16.1 Å². The van der Waals surface area contributed by atoms with Gasteiger partial charge in [0.25, 0.3) is 0 Å². The molecule has 0 heterocycles. The summed E-state index contributed by atoms with van der Waals surface area (Å²) in [5.74, 6) is 0. The molecule has 0 aromatic heterocycles. The van der Waals surface area contributed by atoms with Crippen LogP contribution >= 0.6 is 0 Å². The summed E-state index contributed by atoms with van der Waals surface area (Å²) in [6.45, 7) is 33.7. The standard InChI is InChI=1S/C23H42Si2.H3N/c1-14-18-19(17(2)3)15-16-20(24(10,11)22(4,5)6)21(18)25(12,13)23(7,8)9;/h15-16H,2,14H2,1,3-13H3;1H3. The Morgan fingerprint density at radius 1 is 0.885 bits per heavy atom. The molecule has 0 aliphatic carbocycles. The molecule has 0 saturated heterocycles. The average Bonchev–Trinajstić information content (AvgIpc) is 2.42. The normalized spacial score (nSPS) is 13.4. The SMILES string of the molecule is C=C(C)c1ccc([Si](C)(C)C(C)(C)C)c([Si](C)(C)C(C)(C)C)c1CC.N. The lowest BCUT2D eigenvalue weighted by Gasteiger charge is -2.46. The lowest BCUT2D eigenvalue weighted by Crippen LogP contribution is -2.65. The van der Waals surface area contributed by atoms with Crippen LogP contribution < -0.4 is 16.5 Å². The molecule has 1 rings (SSSR count). The second kappa shape index (κ2) is 7.77. The minimum atomic E-state index is -1.66. The van der Waals surface area contributed by atoms with E-state index in [9.17, 15) is 0 Å². The van der Waals surface area contributed by atoms with Gasteiger partial charge < -0.3 is 6.15 Å². The van der Waals surface area contributed by atoms with Crippen molar-refractivity contribution in [3.05, 3.63) is 29.8 Å². The fourth-order valence-electron chi connectivity index (χ4n) is 3.43. The summed E-state index contributed by atoms with van der Waals surface area (Å²) in [6, 6.07) is 4.85. The van der Waals surface area contributed by atoms with Crippen molar-refractivity contribution in [3.63, 3.8) is 0 Å². The molecule has 0 aliphatic rings. The van der Waals surface area contributed by atoms with Gasteiger partial charge in [0.1, 0.15) is 0 Å². The van der Waals surface area contributed by atoms with Gasteiger partial charge in [-0.25, -0.2) is 0 Å². The second-order valence-electron chi connectivity index (χ2n) is 10.9. The fraction of sp³-hybridized carbons (Fsp3) is 0.652. The van der Waals surface area contributed by atoms with Crippen LogP contribution in [0.3, 0.4) is 0 Å². The van der Waals surface area contributed by atoms with Gasteiger partial charge in [-0.3, -0.25) is 0 Å². The Kier molecular flexibility index (Phi) is 7.57. The number of rotatable bonds is 4. The maximum Gasteiger partial charge on any atom is 0.0861 e. The largest absolute Gasteiger partial charge is 0.344 e. The summed E-state index contributed by atoms with van der Waals surface area (Å²) in [4.78, 5) is 0. The smallest absolute Gasteiger partial charge is 0.0861 e. The fourth-order valence-corrected chi connectivity index (χ4v) is 9.96. The maximum absolute atomic E-state index is 4.29. The van der Waals surface area contributed by atoms with Crippen LogP contribution in [0.5, 0.6) is 0 Å². The van der Waals surface area contributed by atoms with Gasteiger partial charge >= 0.3 is 0 Å². The topological polar surface area (TPSA) is 35.0 Å². The Labute approximate surface area is 166 Å². The van der Waals surface area contributed by atoms with Gasteiger partial charge in [-0.05, 0) is 34.5 Å². The lowest BCUT2D eigenvalue weighted by molar-refractivity contribution is 0.725. The Morgan fingerprint density at radius 3 is 1.62 bits per heavy atom. The molecule has 26 heavy (non-hydrogen) atoms. The molecule has 0 unspecified atom stereocenters. The molecule has 1 aromatic carbocycles. The third-order valence-electron chi connectivity index (χ3n) is 7.17. The highest BCUT2D eigenvalue weighted by Crippen LogP contribution is 2.40. The summed E-state index contributed by atoms with van der Waals surface area (Å²) < 4.78 is 0. The van der Waals surface area contributed by atoms with Crippen LogP contribution in [0.2, 0.25) is 36.3 Å². The number of hydrogen-bond acceptors (Lipinski definition) is 1. The van der Waals surface area contributed by atoms with Crippen LogP contribution in [0.1, 0.15) is 66.5 Å². The third kappa shape index (κ3) is 4.26. The second-order valence-corrected chi connectivity index (χ2v) is 21.4. The molecule has 3 heteroatoms. The van der Waals surface area contributed by atoms with E-state index in [1.54, 1.807) is 15.9 Å². The van der Waals surface area contributed by atoms with Crippen molar-refractivity contribution < 1.29 is 0 Å². The summed E-state index contributed by atoms with van der Waals surface area (Å²) in [5.41, 5.74) is 4.18. The summed E-state index contributed by atoms with van der Waals surface area (Å²) in [5, 5.41) is 4.13. The van der Waals surface area contributed by atoms with E-state index in [1.165, 1.54) is 11.1 Å². The zero-order chi connectivity index (χ0) is 20.0. The van der Waals surface area contributed by atoms with Gasteiger partial charge in [-0.15, -0.1) is 0 Å². The Morgan fingerprint density at radius 2 is 1.31 bits per heavy atom. The van der Waals surface area contributed by atoms with Gasteiger partial charge in [-0.1, -0.05) is 109 Å². The number of allylic oxidation sites excluding steroid dienone is 1. The van der Waals surface area contributed by atoms with Gasteiger partial charge in [0.15, 0.2) is 0 Å². The van der Waals surface area contributed by atoms with E-state index in [2.05, 4.69) is 100 Å². The molecule has 0 bridgehead atoms. The molecule has 1 nitrogen and oxygen atoms in total. The van der Waals surface area contributed by atoms with Gasteiger partial charge in [0.2, 0.25) is 0 Å². The van der Waals surface area contributed by atoms with Crippen molar-refractivity contribution >= 4 is 32.1 Å². The Bertz CT molecular complexity index is 656. The summed E-state index contributed by atoms with van der Waals surface area (Å²) in [6.07, 6.45) is 1.10. The molecule has 0 spiro atoms. The van der Waals surface area contributed by atoms with Gasteiger partial charge in [0, 0.05) is 0 Å². The zero-order valence-electron chi connectivity index (χ0n) is 19.8. The van der Waals surface area contributed by atoms with Crippen LogP contribution in [0.25, 0.3) is 5.57 Å². The molecular formula is C23H45NSi2. The minimum Gasteiger partial charge on any atom is -0.344 e. The van der Waals surface area contributed by atoms with Crippen LogP contribution in [-0.4, -0.2) is 16.1 Å². The first-order valence-corrected chi connectivity index (χ1v) is 15.8. The van der Waals surface area contributed by atoms with E-state index in [4.69, 9.17) is 0 Å². The maximum atomic E-state index is 4.29. The van der Waals surface area contributed by atoms with Crippen molar-refractivity contribution in [2.45, 2.75) is 98.1 Å². The highest BCUT2D eigenvalue weighted by molar-refractivity contribution is 7.01. The first-order chi connectivity index (χ1) is 11.0. The van der Waals surface area contributed by atoms with E-state index in [1.807, 2.05) is 0 Å². The average molecular weight is 392 g/mol. The summed E-state index contributed by atoms with van der Waals surface area (Å²) in [7, 11) is -3.28. The molecule has 1 aromatic rings. The Balaban J connectivity index is 0.00000625. The monoisotopic (exact) mass is 391 g/mol. The first kappa shape index (κ1) is 25.4. The van der Waals surface area contributed by atoms with E-state index < -0.39 is 16.1 Å². The van der Waals surface area contributed by atoms with E-state index in [0.717, 1.165) is 6.42 Å². The lowest BCUT2D eigenvalue weighted by atomic mass is 10.00. The van der Waals surface area contributed by atoms with Crippen molar-refractivity contribution in [2.24, 2.45) is 0 Å². The van der Waals surface area contributed by atoms with Crippen LogP contribution in [0.15, 0.2) is 18.7 Å². The molecule has 0 amide bonds. The van der Waals surface area contributed by atoms with Crippen molar-refractivity contribution in [3.8, 4) is 0 Å². The van der Waals surface area contributed by atoms with Crippen molar-refractivity contribution in [2.75, 3.05) is 0 Å². The molecule has 0 radical (unpaired) electrons. The first-order valence-electron chi connectivity index (χ1n) is 9.82. The highest BCUT2D eigenvalue weighted by atomic mass is 28.3. The Hall–Kier alpha value is -0.646. The van der Waals surface area contributed by atoms with E-state index in [-0.39, 0.29) is 6.15 Å².